The van der Waals surface area contributed by atoms with Gasteiger partial charge in [0.25, 0.3) is 0 Å². The maximum atomic E-state index is 11.6. The third-order valence-corrected chi connectivity index (χ3v) is 3.07. The monoisotopic (exact) mass is 294 g/mol. The zero-order valence-corrected chi connectivity index (χ0v) is 12.1. The number of anilines is 1. The zero-order chi connectivity index (χ0) is 14.8. The normalized spacial score (nSPS) is 10.4. The third-order valence-electron chi connectivity index (χ3n) is 2.37. The summed E-state index contributed by atoms with van der Waals surface area (Å²) < 4.78 is 0. The van der Waals surface area contributed by atoms with Gasteiger partial charge in [-0.05, 0) is 42.2 Å². The van der Waals surface area contributed by atoms with Crippen LogP contribution in [0.5, 0.6) is 0 Å². The van der Waals surface area contributed by atoms with Crippen molar-refractivity contribution in [2.45, 2.75) is 6.42 Å². The van der Waals surface area contributed by atoms with E-state index in [1.54, 1.807) is 36.0 Å². The van der Waals surface area contributed by atoms with Crippen molar-refractivity contribution in [3.63, 3.8) is 0 Å². The van der Waals surface area contributed by atoms with Gasteiger partial charge in [-0.25, -0.2) is 9.59 Å². The van der Waals surface area contributed by atoms with Crippen molar-refractivity contribution in [3.05, 3.63) is 35.9 Å². The Kier molecular flexibility index (Phi) is 7.27. The van der Waals surface area contributed by atoms with Gasteiger partial charge >= 0.3 is 12.0 Å². The first kappa shape index (κ1) is 16.1. The summed E-state index contributed by atoms with van der Waals surface area (Å²) in [7, 11) is 0. The van der Waals surface area contributed by atoms with Crippen LogP contribution in [0.25, 0.3) is 6.08 Å². The molecule has 3 N–H and O–H groups in total. The Labute approximate surface area is 122 Å². The SMILES string of the molecule is CSCCCNC(=O)Nc1cccc(/C=C/C(=O)O)c1. The zero-order valence-electron chi connectivity index (χ0n) is 11.3. The number of amides is 2. The summed E-state index contributed by atoms with van der Waals surface area (Å²) >= 11 is 1.74. The first-order valence-electron chi connectivity index (χ1n) is 6.16. The number of carboxylic acids is 1. The molecule has 0 bridgehead atoms. The van der Waals surface area contributed by atoms with Crippen LogP contribution in [-0.4, -0.2) is 35.7 Å². The minimum absolute atomic E-state index is 0.259. The number of hydrogen-bond acceptors (Lipinski definition) is 3. The molecular weight excluding hydrogens is 276 g/mol. The number of carbonyl (C=O) groups excluding carboxylic acids is 1. The van der Waals surface area contributed by atoms with Crippen molar-refractivity contribution in [2.24, 2.45) is 0 Å². The average Bonchev–Trinajstić information content (AvgIpc) is 2.42. The lowest BCUT2D eigenvalue weighted by molar-refractivity contribution is -0.131. The molecule has 0 unspecified atom stereocenters. The molecule has 1 rings (SSSR count). The van der Waals surface area contributed by atoms with Crippen LogP contribution < -0.4 is 10.6 Å². The maximum Gasteiger partial charge on any atom is 0.328 e. The van der Waals surface area contributed by atoms with Gasteiger partial charge in [-0.2, -0.15) is 11.8 Å². The standard InChI is InChI=1S/C14H18N2O3S/c1-20-9-3-8-15-14(19)16-12-5-2-4-11(10-12)6-7-13(17)18/h2,4-7,10H,3,8-9H2,1H3,(H,17,18)(H2,15,16,19)/b7-6+. The molecule has 108 valence electrons. The van der Waals surface area contributed by atoms with Crippen LogP contribution in [0.3, 0.4) is 0 Å². The highest BCUT2D eigenvalue weighted by Crippen LogP contribution is 2.11. The molecule has 0 saturated heterocycles. The van der Waals surface area contributed by atoms with Gasteiger partial charge in [0, 0.05) is 18.3 Å². The fourth-order valence-electron chi connectivity index (χ4n) is 1.48. The number of carbonyl (C=O) groups is 2. The van der Waals surface area contributed by atoms with E-state index in [1.165, 1.54) is 6.08 Å². The van der Waals surface area contributed by atoms with Gasteiger partial charge in [0.2, 0.25) is 0 Å². The summed E-state index contributed by atoms with van der Waals surface area (Å²) in [5.74, 6) is 0.00495. The number of carboxylic acid groups (broad SMARTS) is 1. The van der Waals surface area contributed by atoms with E-state index in [2.05, 4.69) is 10.6 Å². The van der Waals surface area contributed by atoms with Gasteiger partial charge in [-0.1, -0.05) is 12.1 Å². The van der Waals surface area contributed by atoms with E-state index in [1.807, 2.05) is 6.26 Å². The Morgan fingerprint density at radius 3 is 2.90 bits per heavy atom. The molecule has 1 aromatic rings. The minimum Gasteiger partial charge on any atom is -0.478 e. The van der Waals surface area contributed by atoms with Crippen molar-refractivity contribution in [1.29, 1.82) is 0 Å². The van der Waals surface area contributed by atoms with E-state index >= 15 is 0 Å². The molecule has 0 heterocycles. The third kappa shape index (κ3) is 6.84. The highest BCUT2D eigenvalue weighted by atomic mass is 32.2. The summed E-state index contributed by atoms with van der Waals surface area (Å²) in [6, 6.07) is 6.72. The van der Waals surface area contributed by atoms with Gasteiger partial charge < -0.3 is 15.7 Å². The minimum atomic E-state index is -1.00. The summed E-state index contributed by atoms with van der Waals surface area (Å²) in [5.41, 5.74) is 1.34. The molecule has 0 radical (unpaired) electrons. The molecule has 20 heavy (non-hydrogen) atoms. The molecular formula is C14H18N2O3S. The van der Waals surface area contributed by atoms with E-state index in [0.717, 1.165) is 18.2 Å². The lowest BCUT2D eigenvalue weighted by atomic mass is 10.2. The molecule has 1 aromatic carbocycles. The number of aliphatic carboxylic acids is 1. The van der Waals surface area contributed by atoms with Gasteiger partial charge in [-0.15, -0.1) is 0 Å². The molecule has 2 amide bonds. The van der Waals surface area contributed by atoms with Crippen LogP contribution in [-0.2, 0) is 4.79 Å². The first-order valence-corrected chi connectivity index (χ1v) is 7.56. The van der Waals surface area contributed by atoms with Crippen LogP contribution in [0, 0.1) is 0 Å². The van der Waals surface area contributed by atoms with E-state index in [9.17, 15) is 9.59 Å². The topological polar surface area (TPSA) is 78.4 Å². The predicted octanol–water partition coefficient (Wildman–Crippen LogP) is 2.66. The van der Waals surface area contributed by atoms with Crippen molar-refractivity contribution in [1.82, 2.24) is 5.32 Å². The van der Waals surface area contributed by atoms with Crippen LogP contribution in [0.4, 0.5) is 10.5 Å². The van der Waals surface area contributed by atoms with Crippen molar-refractivity contribution < 1.29 is 14.7 Å². The molecule has 0 atom stereocenters. The van der Waals surface area contributed by atoms with E-state index in [4.69, 9.17) is 5.11 Å². The number of benzene rings is 1. The van der Waals surface area contributed by atoms with Crippen LogP contribution in [0.1, 0.15) is 12.0 Å². The van der Waals surface area contributed by atoms with Crippen molar-refractivity contribution in [2.75, 3.05) is 23.9 Å². The molecule has 0 spiro atoms. The van der Waals surface area contributed by atoms with E-state index in [-0.39, 0.29) is 6.03 Å². The molecule has 0 aliphatic rings. The Hall–Kier alpha value is -1.95. The van der Waals surface area contributed by atoms with Crippen molar-refractivity contribution in [3.8, 4) is 0 Å². The van der Waals surface area contributed by atoms with Gasteiger partial charge in [0.1, 0.15) is 0 Å². The molecule has 0 aromatic heterocycles. The maximum absolute atomic E-state index is 11.6. The smallest absolute Gasteiger partial charge is 0.328 e. The van der Waals surface area contributed by atoms with Crippen LogP contribution in [0.2, 0.25) is 0 Å². The molecule has 0 saturated carbocycles. The Bertz CT molecular complexity index is 489. The van der Waals surface area contributed by atoms with Gasteiger partial charge in [-0.3, -0.25) is 0 Å². The van der Waals surface area contributed by atoms with Gasteiger partial charge in [0.05, 0.1) is 0 Å². The van der Waals surface area contributed by atoms with E-state index in [0.29, 0.717) is 17.8 Å². The van der Waals surface area contributed by atoms with Crippen molar-refractivity contribution >= 4 is 35.5 Å². The van der Waals surface area contributed by atoms with Crippen LogP contribution >= 0.6 is 11.8 Å². The lowest BCUT2D eigenvalue weighted by Gasteiger charge is -2.07. The average molecular weight is 294 g/mol. The largest absolute Gasteiger partial charge is 0.478 e. The molecule has 5 nitrogen and oxygen atoms in total. The van der Waals surface area contributed by atoms with Gasteiger partial charge in [0.15, 0.2) is 0 Å². The number of hydrogen-bond donors (Lipinski definition) is 3. The number of nitrogens with one attached hydrogen (secondary N) is 2. The van der Waals surface area contributed by atoms with E-state index < -0.39 is 5.97 Å². The number of urea groups is 1. The summed E-state index contributed by atoms with van der Waals surface area (Å²) in [6.45, 7) is 0.630. The molecule has 6 heteroatoms. The second-order valence-corrected chi connectivity index (χ2v) is 5.01. The van der Waals surface area contributed by atoms with Crippen LogP contribution in [0.15, 0.2) is 30.3 Å². The Balaban J connectivity index is 2.49. The number of rotatable bonds is 7. The highest BCUT2D eigenvalue weighted by Gasteiger charge is 2.01. The predicted molar refractivity (Wildman–Crippen MR) is 83.1 cm³/mol. The second kappa shape index (κ2) is 9.03. The molecule has 0 fully saturated rings. The quantitative estimate of drug-likeness (QED) is 0.533. The number of thioether (sulfide) groups is 1. The fourth-order valence-corrected chi connectivity index (χ4v) is 1.91. The summed E-state index contributed by atoms with van der Waals surface area (Å²) in [5, 5.41) is 14.0. The lowest BCUT2D eigenvalue weighted by Crippen LogP contribution is -2.29. The second-order valence-electron chi connectivity index (χ2n) is 4.02. The first-order chi connectivity index (χ1) is 9.61. The Morgan fingerprint density at radius 2 is 2.20 bits per heavy atom. The molecule has 0 aliphatic heterocycles. The highest BCUT2D eigenvalue weighted by molar-refractivity contribution is 7.98. The Morgan fingerprint density at radius 1 is 1.40 bits per heavy atom. The fraction of sp³-hybridized carbons (Fsp3) is 0.286. The summed E-state index contributed by atoms with van der Waals surface area (Å²) in [6.07, 6.45) is 5.48. The summed E-state index contributed by atoms with van der Waals surface area (Å²) in [4.78, 5) is 22.1. The molecule has 0 aliphatic carbocycles.